The van der Waals surface area contributed by atoms with Crippen molar-refractivity contribution in [3.8, 4) is 5.75 Å². The summed E-state index contributed by atoms with van der Waals surface area (Å²) in [7, 11) is 0. The molecule has 1 atom stereocenters. The highest BCUT2D eigenvalue weighted by Gasteiger charge is 2.19. The molecule has 20 heavy (non-hydrogen) atoms. The summed E-state index contributed by atoms with van der Waals surface area (Å²) in [6, 6.07) is 5.98. The van der Waals surface area contributed by atoms with Crippen molar-refractivity contribution in [2.24, 2.45) is 0 Å². The van der Waals surface area contributed by atoms with Crippen LogP contribution in [0.5, 0.6) is 5.75 Å². The van der Waals surface area contributed by atoms with Crippen LogP contribution in [0.2, 0.25) is 0 Å². The lowest BCUT2D eigenvalue weighted by atomic mass is 10.1. The van der Waals surface area contributed by atoms with Gasteiger partial charge >= 0.3 is 0 Å². The van der Waals surface area contributed by atoms with Gasteiger partial charge in [0.1, 0.15) is 18.5 Å². The topological polar surface area (TPSA) is 61.8 Å². The molecule has 1 saturated heterocycles. The van der Waals surface area contributed by atoms with Gasteiger partial charge in [0.05, 0.1) is 6.54 Å². The molecule has 1 unspecified atom stereocenters. The summed E-state index contributed by atoms with van der Waals surface area (Å²) in [4.78, 5) is 13.2. The van der Waals surface area contributed by atoms with Crippen LogP contribution in [0.1, 0.15) is 11.1 Å². The summed E-state index contributed by atoms with van der Waals surface area (Å²) in [6.07, 6.45) is -0.596. The number of aliphatic hydroxyl groups is 1. The number of carbonyl (C=O) groups is 1. The summed E-state index contributed by atoms with van der Waals surface area (Å²) >= 11 is 0. The molecule has 1 amide bonds. The molecular formula is C15H22N2O3. The van der Waals surface area contributed by atoms with Crippen LogP contribution >= 0.6 is 0 Å². The lowest BCUT2D eigenvalue weighted by molar-refractivity contribution is -0.124. The van der Waals surface area contributed by atoms with Crippen LogP contribution in [-0.2, 0) is 4.79 Å². The monoisotopic (exact) mass is 278 g/mol. The standard InChI is InChI=1S/C15H22N2O3/c1-11-5-12(2)7-14(6-11)20-10-13(18)8-17-4-3-16-15(19)9-17/h5-7,13,18H,3-4,8-10H2,1-2H3,(H,16,19). The highest BCUT2D eigenvalue weighted by atomic mass is 16.5. The zero-order chi connectivity index (χ0) is 14.5. The van der Waals surface area contributed by atoms with Crippen molar-refractivity contribution in [1.82, 2.24) is 10.2 Å². The first-order valence-corrected chi connectivity index (χ1v) is 6.91. The van der Waals surface area contributed by atoms with E-state index in [0.717, 1.165) is 23.4 Å². The van der Waals surface area contributed by atoms with Crippen LogP contribution in [0.4, 0.5) is 0 Å². The summed E-state index contributed by atoms with van der Waals surface area (Å²) in [5.41, 5.74) is 2.28. The van der Waals surface area contributed by atoms with Gasteiger partial charge in [-0.05, 0) is 37.1 Å². The molecule has 1 heterocycles. The van der Waals surface area contributed by atoms with E-state index in [4.69, 9.17) is 4.74 Å². The van der Waals surface area contributed by atoms with Gasteiger partial charge in [0, 0.05) is 19.6 Å². The molecule has 1 aromatic rings. The summed E-state index contributed by atoms with van der Waals surface area (Å²) in [6.45, 7) is 6.49. The first-order chi connectivity index (χ1) is 9.52. The van der Waals surface area contributed by atoms with Crippen LogP contribution in [0.25, 0.3) is 0 Å². The number of aryl methyl sites for hydroxylation is 2. The summed E-state index contributed by atoms with van der Waals surface area (Å²) in [5, 5.41) is 12.8. The number of β-amino-alcohol motifs (C(OH)–C–C–N with tert-alkyl or cyclic N) is 1. The Morgan fingerprint density at radius 2 is 2.05 bits per heavy atom. The molecule has 2 N–H and O–H groups in total. The van der Waals surface area contributed by atoms with Crippen molar-refractivity contribution in [3.05, 3.63) is 29.3 Å². The van der Waals surface area contributed by atoms with E-state index in [-0.39, 0.29) is 12.5 Å². The van der Waals surface area contributed by atoms with Crippen LogP contribution in [0.3, 0.4) is 0 Å². The Balaban J connectivity index is 1.79. The van der Waals surface area contributed by atoms with Crippen LogP contribution in [0, 0.1) is 13.8 Å². The van der Waals surface area contributed by atoms with Gasteiger partial charge in [0.25, 0.3) is 0 Å². The maximum atomic E-state index is 11.2. The van der Waals surface area contributed by atoms with E-state index >= 15 is 0 Å². The van der Waals surface area contributed by atoms with Crippen molar-refractivity contribution in [3.63, 3.8) is 0 Å². The number of hydrogen-bond acceptors (Lipinski definition) is 4. The number of rotatable bonds is 5. The van der Waals surface area contributed by atoms with E-state index in [9.17, 15) is 9.90 Å². The van der Waals surface area contributed by atoms with E-state index in [1.54, 1.807) is 0 Å². The smallest absolute Gasteiger partial charge is 0.234 e. The molecule has 0 spiro atoms. The number of nitrogens with zero attached hydrogens (tertiary/aromatic N) is 1. The number of amides is 1. The zero-order valence-corrected chi connectivity index (χ0v) is 12.1. The number of carbonyl (C=O) groups excluding carboxylic acids is 1. The molecule has 110 valence electrons. The zero-order valence-electron chi connectivity index (χ0n) is 12.1. The largest absolute Gasteiger partial charge is 0.491 e. The lowest BCUT2D eigenvalue weighted by Crippen LogP contribution is -2.50. The first-order valence-electron chi connectivity index (χ1n) is 6.91. The molecule has 5 heteroatoms. The van der Waals surface area contributed by atoms with E-state index in [2.05, 4.69) is 11.4 Å². The van der Waals surface area contributed by atoms with Crippen molar-refractivity contribution >= 4 is 5.91 Å². The lowest BCUT2D eigenvalue weighted by Gasteiger charge is -2.28. The Kier molecular flexibility index (Phi) is 4.98. The minimum atomic E-state index is -0.596. The number of benzene rings is 1. The third-order valence-electron chi connectivity index (χ3n) is 3.22. The number of hydrogen-bond donors (Lipinski definition) is 2. The first kappa shape index (κ1) is 14.8. The fourth-order valence-electron chi connectivity index (χ4n) is 2.41. The van der Waals surface area contributed by atoms with E-state index < -0.39 is 6.10 Å². The van der Waals surface area contributed by atoms with Crippen LogP contribution in [-0.4, -0.2) is 54.8 Å². The predicted molar refractivity (Wildman–Crippen MR) is 76.9 cm³/mol. The van der Waals surface area contributed by atoms with Gasteiger partial charge in [-0.15, -0.1) is 0 Å². The van der Waals surface area contributed by atoms with Gasteiger partial charge in [0.2, 0.25) is 5.91 Å². The van der Waals surface area contributed by atoms with Gasteiger partial charge in [-0.25, -0.2) is 0 Å². The number of aliphatic hydroxyl groups excluding tert-OH is 1. The molecule has 1 aliphatic rings. The van der Waals surface area contributed by atoms with Crippen molar-refractivity contribution in [2.45, 2.75) is 20.0 Å². The molecule has 2 rings (SSSR count). The molecule has 0 bridgehead atoms. The summed E-state index contributed by atoms with van der Waals surface area (Å²) < 4.78 is 5.62. The molecule has 0 saturated carbocycles. The van der Waals surface area contributed by atoms with Crippen LogP contribution in [0.15, 0.2) is 18.2 Å². The second-order valence-corrected chi connectivity index (χ2v) is 5.37. The van der Waals surface area contributed by atoms with Crippen molar-refractivity contribution in [1.29, 1.82) is 0 Å². The molecule has 0 aliphatic carbocycles. The Bertz CT molecular complexity index is 456. The minimum Gasteiger partial charge on any atom is -0.491 e. The quantitative estimate of drug-likeness (QED) is 0.822. The number of nitrogens with one attached hydrogen (secondary N) is 1. The van der Waals surface area contributed by atoms with E-state index in [0.29, 0.717) is 19.6 Å². The van der Waals surface area contributed by atoms with Gasteiger partial charge in [-0.2, -0.15) is 0 Å². The number of ether oxygens (including phenoxy) is 1. The SMILES string of the molecule is Cc1cc(C)cc(OCC(O)CN2CCNC(=O)C2)c1. The Labute approximate surface area is 119 Å². The Morgan fingerprint density at radius 3 is 2.70 bits per heavy atom. The van der Waals surface area contributed by atoms with Crippen molar-refractivity contribution < 1.29 is 14.6 Å². The maximum absolute atomic E-state index is 11.2. The van der Waals surface area contributed by atoms with Gasteiger partial charge in [0.15, 0.2) is 0 Å². The minimum absolute atomic E-state index is 0.0127. The fraction of sp³-hybridized carbons (Fsp3) is 0.533. The molecule has 1 aliphatic heterocycles. The third kappa shape index (κ3) is 4.51. The Morgan fingerprint density at radius 1 is 1.35 bits per heavy atom. The molecule has 0 radical (unpaired) electrons. The highest BCUT2D eigenvalue weighted by molar-refractivity contribution is 5.78. The van der Waals surface area contributed by atoms with E-state index in [1.807, 2.05) is 30.9 Å². The van der Waals surface area contributed by atoms with Gasteiger partial charge in [-0.1, -0.05) is 6.07 Å². The van der Waals surface area contributed by atoms with E-state index in [1.165, 1.54) is 0 Å². The fourth-order valence-corrected chi connectivity index (χ4v) is 2.41. The maximum Gasteiger partial charge on any atom is 0.234 e. The molecule has 1 aromatic carbocycles. The number of piperazine rings is 1. The second kappa shape index (κ2) is 6.72. The molecular weight excluding hydrogens is 256 g/mol. The molecule has 1 fully saturated rings. The average Bonchev–Trinajstić information content (AvgIpc) is 2.35. The highest BCUT2D eigenvalue weighted by Crippen LogP contribution is 2.16. The second-order valence-electron chi connectivity index (χ2n) is 5.37. The predicted octanol–water partition coefficient (Wildman–Crippen LogP) is 0.475. The summed E-state index contributed by atoms with van der Waals surface area (Å²) in [5.74, 6) is 0.789. The van der Waals surface area contributed by atoms with Crippen LogP contribution < -0.4 is 10.1 Å². The molecule has 0 aromatic heterocycles. The normalized spacial score (nSPS) is 17.6. The third-order valence-corrected chi connectivity index (χ3v) is 3.22. The van der Waals surface area contributed by atoms with Gasteiger partial charge < -0.3 is 15.2 Å². The van der Waals surface area contributed by atoms with Crippen molar-refractivity contribution in [2.75, 3.05) is 32.8 Å². The molecule has 5 nitrogen and oxygen atoms in total. The van der Waals surface area contributed by atoms with Gasteiger partial charge in [-0.3, -0.25) is 9.69 Å². The average molecular weight is 278 g/mol. The Hall–Kier alpha value is -1.59.